The van der Waals surface area contributed by atoms with Crippen LogP contribution in [0.4, 0.5) is 0 Å². The van der Waals surface area contributed by atoms with Crippen LogP contribution in [0.1, 0.15) is 32.4 Å². The first-order valence-corrected chi connectivity index (χ1v) is 4.84. The molecule has 2 N–H and O–H groups in total. The van der Waals surface area contributed by atoms with Crippen molar-refractivity contribution in [3.05, 3.63) is 29.8 Å². The molecule has 0 fully saturated rings. The molecule has 0 saturated carbocycles. The Morgan fingerprint density at radius 2 is 1.93 bits per heavy atom. The highest BCUT2D eigenvalue weighted by Crippen LogP contribution is 2.31. The maximum atomic E-state index is 6.14. The van der Waals surface area contributed by atoms with E-state index >= 15 is 0 Å². The van der Waals surface area contributed by atoms with E-state index in [0.29, 0.717) is 0 Å². The lowest BCUT2D eigenvalue weighted by atomic mass is 9.83. The first-order valence-electron chi connectivity index (χ1n) is 4.84. The second-order valence-corrected chi connectivity index (χ2v) is 4.62. The zero-order valence-electron chi connectivity index (χ0n) is 9.37. The third-order valence-corrected chi connectivity index (χ3v) is 2.39. The summed E-state index contributed by atoms with van der Waals surface area (Å²) in [5.41, 5.74) is 7.34. The van der Waals surface area contributed by atoms with Crippen LogP contribution in [-0.2, 0) is 0 Å². The van der Waals surface area contributed by atoms with Crippen LogP contribution in [0.5, 0.6) is 5.75 Å². The lowest BCUT2D eigenvalue weighted by Crippen LogP contribution is -2.26. The van der Waals surface area contributed by atoms with E-state index in [0.717, 1.165) is 11.3 Å². The molecule has 0 heterocycles. The van der Waals surface area contributed by atoms with Crippen molar-refractivity contribution in [3.8, 4) is 5.75 Å². The highest BCUT2D eigenvalue weighted by atomic mass is 16.5. The molecule has 0 saturated heterocycles. The lowest BCUT2D eigenvalue weighted by Gasteiger charge is -2.27. The Kier molecular flexibility index (Phi) is 3.17. The van der Waals surface area contributed by atoms with Crippen LogP contribution in [0.25, 0.3) is 0 Å². The number of nitrogens with two attached hydrogens (primary N) is 1. The SMILES string of the molecule is COc1cccc([C@@H](N)C(C)(C)C)c1. The highest BCUT2D eigenvalue weighted by molar-refractivity contribution is 5.31. The Bertz CT molecular complexity index is 301. The van der Waals surface area contributed by atoms with Gasteiger partial charge in [0.05, 0.1) is 7.11 Å². The molecule has 0 unspecified atom stereocenters. The fourth-order valence-corrected chi connectivity index (χ4v) is 1.33. The van der Waals surface area contributed by atoms with Gasteiger partial charge in [0.1, 0.15) is 5.75 Å². The minimum atomic E-state index is 0.0394. The Balaban J connectivity index is 2.95. The van der Waals surface area contributed by atoms with E-state index in [1.54, 1.807) is 7.11 Å². The maximum Gasteiger partial charge on any atom is 0.119 e. The van der Waals surface area contributed by atoms with Gasteiger partial charge in [0.2, 0.25) is 0 Å². The molecule has 14 heavy (non-hydrogen) atoms. The van der Waals surface area contributed by atoms with E-state index in [1.165, 1.54) is 0 Å². The van der Waals surface area contributed by atoms with E-state index in [2.05, 4.69) is 20.8 Å². The van der Waals surface area contributed by atoms with Crippen molar-refractivity contribution >= 4 is 0 Å². The molecule has 0 bridgehead atoms. The first-order chi connectivity index (χ1) is 6.45. The summed E-state index contributed by atoms with van der Waals surface area (Å²) < 4.78 is 5.16. The van der Waals surface area contributed by atoms with Crippen LogP contribution >= 0.6 is 0 Å². The highest BCUT2D eigenvalue weighted by Gasteiger charge is 2.22. The van der Waals surface area contributed by atoms with Crippen molar-refractivity contribution < 1.29 is 4.74 Å². The van der Waals surface area contributed by atoms with Crippen LogP contribution in [-0.4, -0.2) is 7.11 Å². The number of benzene rings is 1. The van der Waals surface area contributed by atoms with E-state index in [1.807, 2.05) is 24.3 Å². The summed E-state index contributed by atoms with van der Waals surface area (Å²) in [6, 6.07) is 7.98. The average molecular weight is 193 g/mol. The molecule has 1 rings (SSSR count). The number of rotatable bonds is 2. The first kappa shape index (κ1) is 11.1. The molecule has 78 valence electrons. The van der Waals surface area contributed by atoms with Gasteiger partial charge in [0.25, 0.3) is 0 Å². The van der Waals surface area contributed by atoms with E-state index < -0.39 is 0 Å². The molecule has 0 spiro atoms. The standard InChI is InChI=1S/C12H19NO/c1-12(2,3)11(13)9-6-5-7-10(8-9)14-4/h5-8,11H,13H2,1-4H3/t11-/m1/s1. The molecule has 2 heteroatoms. The second-order valence-electron chi connectivity index (χ2n) is 4.62. The van der Waals surface area contributed by atoms with Crippen LogP contribution in [0.3, 0.4) is 0 Å². The van der Waals surface area contributed by atoms with Gasteiger partial charge in [-0.1, -0.05) is 32.9 Å². The van der Waals surface area contributed by atoms with Gasteiger partial charge >= 0.3 is 0 Å². The molecule has 0 amide bonds. The second kappa shape index (κ2) is 4.01. The predicted molar refractivity (Wildman–Crippen MR) is 59.4 cm³/mol. The molecule has 0 radical (unpaired) electrons. The van der Waals surface area contributed by atoms with Crippen molar-refractivity contribution in [1.82, 2.24) is 0 Å². The summed E-state index contributed by atoms with van der Waals surface area (Å²) in [5.74, 6) is 0.863. The minimum absolute atomic E-state index is 0.0394. The lowest BCUT2D eigenvalue weighted by molar-refractivity contribution is 0.325. The van der Waals surface area contributed by atoms with Gasteiger partial charge in [0, 0.05) is 6.04 Å². The van der Waals surface area contributed by atoms with E-state index in [-0.39, 0.29) is 11.5 Å². The smallest absolute Gasteiger partial charge is 0.119 e. The van der Waals surface area contributed by atoms with E-state index in [4.69, 9.17) is 10.5 Å². The molecule has 0 aliphatic carbocycles. The minimum Gasteiger partial charge on any atom is -0.497 e. The Hall–Kier alpha value is -1.02. The number of hydrogen-bond acceptors (Lipinski definition) is 2. The van der Waals surface area contributed by atoms with Crippen LogP contribution in [0.15, 0.2) is 24.3 Å². The van der Waals surface area contributed by atoms with Gasteiger partial charge in [-0.05, 0) is 23.1 Å². The van der Waals surface area contributed by atoms with Crippen LogP contribution in [0, 0.1) is 5.41 Å². The summed E-state index contributed by atoms with van der Waals surface area (Å²) in [7, 11) is 1.67. The van der Waals surface area contributed by atoms with E-state index in [9.17, 15) is 0 Å². The third kappa shape index (κ3) is 2.48. The Morgan fingerprint density at radius 1 is 1.29 bits per heavy atom. The fourth-order valence-electron chi connectivity index (χ4n) is 1.33. The van der Waals surface area contributed by atoms with Crippen LogP contribution < -0.4 is 10.5 Å². The Labute approximate surface area is 86.1 Å². The monoisotopic (exact) mass is 193 g/mol. The summed E-state index contributed by atoms with van der Waals surface area (Å²) in [5, 5.41) is 0. The number of methoxy groups -OCH3 is 1. The van der Waals surface area contributed by atoms with Gasteiger partial charge in [-0.25, -0.2) is 0 Å². The summed E-state index contributed by atoms with van der Waals surface area (Å²) in [6.45, 7) is 6.41. The molecule has 1 aromatic carbocycles. The van der Waals surface area contributed by atoms with Crippen molar-refractivity contribution in [1.29, 1.82) is 0 Å². The van der Waals surface area contributed by atoms with Gasteiger partial charge in [-0.3, -0.25) is 0 Å². The van der Waals surface area contributed by atoms with Gasteiger partial charge < -0.3 is 10.5 Å². The third-order valence-electron chi connectivity index (χ3n) is 2.39. The normalized spacial score (nSPS) is 13.8. The molecule has 1 aromatic rings. The molecular formula is C12H19NO. The summed E-state index contributed by atoms with van der Waals surface area (Å²) in [6.07, 6.45) is 0. The van der Waals surface area contributed by atoms with Crippen molar-refractivity contribution in [3.63, 3.8) is 0 Å². The fraction of sp³-hybridized carbons (Fsp3) is 0.500. The van der Waals surface area contributed by atoms with Gasteiger partial charge in [-0.2, -0.15) is 0 Å². The van der Waals surface area contributed by atoms with Crippen molar-refractivity contribution in [2.24, 2.45) is 11.1 Å². The summed E-state index contributed by atoms with van der Waals surface area (Å²) in [4.78, 5) is 0. The number of ether oxygens (including phenoxy) is 1. The number of hydrogen-bond donors (Lipinski definition) is 1. The van der Waals surface area contributed by atoms with Gasteiger partial charge in [0.15, 0.2) is 0 Å². The molecule has 0 aliphatic rings. The van der Waals surface area contributed by atoms with Gasteiger partial charge in [-0.15, -0.1) is 0 Å². The quantitative estimate of drug-likeness (QED) is 0.783. The molecule has 0 aromatic heterocycles. The molecular weight excluding hydrogens is 174 g/mol. The predicted octanol–water partition coefficient (Wildman–Crippen LogP) is 2.74. The van der Waals surface area contributed by atoms with Crippen LogP contribution in [0.2, 0.25) is 0 Å². The molecule has 1 atom stereocenters. The summed E-state index contributed by atoms with van der Waals surface area (Å²) >= 11 is 0. The van der Waals surface area contributed by atoms with Crippen molar-refractivity contribution in [2.75, 3.05) is 7.11 Å². The Morgan fingerprint density at radius 3 is 2.43 bits per heavy atom. The average Bonchev–Trinajstić information content (AvgIpc) is 2.15. The molecule has 0 aliphatic heterocycles. The van der Waals surface area contributed by atoms with Crippen molar-refractivity contribution in [2.45, 2.75) is 26.8 Å². The molecule has 2 nitrogen and oxygen atoms in total. The maximum absolute atomic E-state index is 6.14. The zero-order chi connectivity index (χ0) is 10.8. The topological polar surface area (TPSA) is 35.2 Å². The largest absolute Gasteiger partial charge is 0.497 e. The zero-order valence-corrected chi connectivity index (χ0v) is 9.37.